The largest absolute Gasteiger partial charge is 0.494 e. The smallest absolute Gasteiger partial charge is 0.291 e. The summed E-state index contributed by atoms with van der Waals surface area (Å²) in [5, 5.41) is 17.9. The van der Waals surface area contributed by atoms with Gasteiger partial charge in [-0.15, -0.1) is 0 Å². The summed E-state index contributed by atoms with van der Waals surface area (Å²) in [5.74, 6) is 0.429. The molecule has 1 atom stereocenters. The molecule has 5 rings (SSSR count). The van der Waals surface area contributed by atoms with Crippen LogP contribution in [0.4, 0.5) is 15.8 Å². The van der Waals surface area contributed by atoms with Crippen molar-refractivity contribution in [3.63, 3.8) is 0 Å². The van der Waals surface area contributed by atoms with Crippen LogP contribution in [0.2, 0.25) is 0 Å². The van der Waals surface area contributed by atoms with Gasteiger partial charge in [0.25, 0.3) is 5.56 Å². The van der Waals surface area contributed by atoms with Crippen molar-refractivity contribution in [1.82, 2.24) is 19.3 Å². The first-order chi connectivity index (χ1) is 17.0. The van der Waals surface area contributed by atoms with Crippen LogP contribution in [0.1, 0.15) is 41.8 Å². The fraction of sp³-hybridized carbons (Fsp3) is 0.269. The standard InChI is InChI=1S/C26H26FN5O3/c1-16-13-31(15-28-16)23-9-8-20(11-25(23)35-2)29-22-12-21(17-6-7-17)30-32(26(22)34)24(14-33)18-4-3-5-19(27)10-18/h3-5,8-13,15,17,24,29,33H,6-7,14H2,1-2H3/t24-/m0/s1. The van der Waals surface area contributed by atoms with E-state index in [0.717, 1.165) is 29.9 Å². The van der Waals surface area contributed by atoms with Gasteiger partial charge in [-0.25, -0.2) is 14.1 Å². The van der Waals surface area contributed by atoms with E-state index in [2.05, 4.69) is 15.4 Å². The Hall–Kier alpha value is -3.98. The van der Waals surface area contributed by atoms with E-state index in [-0.39, 0.29) is 5.92 Å². The molecule has 2 N–H and O–H groups in total. The summed E-state index contributed by atoms with van der Waals surface area (Å²) in [6, 6.07) is 12.4. The average molecular weight is 476 g/mol. The Morgan fingerprint density at radius 2 is 2.06 bits per heavy atom. The van der Waals surface area contributed by atoms with Gasteiger partial charge in [-0.05, 0) is 55.7 Å². The monoisotopic (exact) mass is 475 g/mol. The van der Waals surface area contributed by atoms with Crippen molar-refractivity contribution in [3.05, 3.63) is 94.2 Å². The van der Waals surface area contributed by atoms with Crippen LogP contribution in [0.5, 0.6) is 5.75 Å². The quantitative estimate of drug-likeness (QED) is 0.399. The topological polar surface area (TPSA) is 94.2 Å². The minimum Gasteiger partial charge on any atom is -0.494 e. The lowest BCUT2D eigenvalue weighted by molar-refractivity contribution is 0.236. The number of aliphatic hydroxyl groups is 1. The molecule has 2 heterocycles. The Balaban J connectivity index is 1.54. The second-order valence-electron chi connectivity index (χ2n) is 8.69. The molecule has 0 aliphatic heterocycles. The van der Waals surface area contributed by atoms with E-state index in [1.54, 1.807) is 31.6 Å². The van der Waals surface area contributed by atoms with Crippen LogP contribution in [0, 0.1) is 12.7 Å². The Morgan fingerprint density at radius 3 is 2.71 bits per heavy atom. The number of rotatable bonds is 8. The number of anilines is 2. The first-order valence-electron chi connectivity index (χ1n) is 11.4. The van der Waals surface area contributed by atoms with Gasteiger partial charge >= 0.3 is 0 Å². The molecule has 0 unspecified atom stereocenters. The van der Waals surface area contributed by atoms with Crippen molar-refractivity contribution < 1.29 is 14.2 Å². The molecule has 2 aromatic heterocycles. The number of halogens is 1. The van der Waals surface area contributed by atoms with Gasteiger partial charge in [-0.1, -0.05) is 12.1 Å². The molecule has 0 radical (unpaired) electrons. The number of aliphatic hydroxyl groups excluding tert-OH is 1. The number of hydrogen-bond acceptors (Lipinski definition) is 6. The van der Waals surface area contributed by atoms with Crippen molar-refractivity contribution in [2.24, 2.45) is 0 Å². The van der Waals surface area contributed by atoms with E-state index in [0.29, 0.717) is 22.7 Å². The van der Waals surface area contributed by atoms with Gasteiger partial charge in [0.15, 0.2) is 0 Å². The third-order valence-corrected chi connectivity index (χ3v) is 6.10. The van der Waals surface area contributed by atoms with Gasteiger partial charge < -0.3 is 19.7 Å². The maximum Gasteiger partial charge on any atom is 0.291 e. The van der Waals surface area contributed by atoms with Crippen LogP contribution in [0.15, 0.2) is 65.8 Å². The van der Waals surface area contributed by atoms with Crippen molar-refractivity contribution in [2.45, 2.75) is 31.7 Å². The van der Waals surface area contributed by atoms with Crippen LogP contribution >= 0.6 is 0 Å². The molecular weight excluding hydrogens is 449 g/mol. The van der Waals surface area contributed by atoms with Crippen molar-refractivity contribution in [1.29, 1.82) is 0 Å². The molecule has 4 aromatic rings. The number of methoxy groups -OCH3 is 1. The molecule has 0 bridgehead atoms. The molecule has 1 fully saturated rings. The van der Waals surface area contributed by atoms with E-state index in [9.17, 15) is 14.3 Å². The number of imidazole rings is 1. The zero-order chi connectivity index (χ0) is 24.5. The van der Waals surface area contributed by atoms with Crippen molar-refractivity contribution in [2.75, 3.05) is 19.0 Å². The zero-order valence-electron chi connectivity index (χ0n) is 19.5. The molecule has 1 aliphatic rings. The second-order valence-corrected chi connectivity index (χ2v) is 8.69. The molecule has 0 spiro atoms. The first kappa shape index (κ1) is 22.8. The molecule has 2 aromatic carbocycles. The van der Waals surface area contributed by atoms with E-state index in [1.165, 1.54) is 16.8 Å². The highest BCUT2D eigenvalue weighted by molar-refractivity contribution is 5.65. The normalized spacial score (nSPS) is 14.1. The predicted octanol–water partition coefficient (Wildman–Crippen LogP) is 4.09. The van der Waals surface area contributed by atoms with Crippen LogP contribution in [-0.4, -0.2) is 38.2 Å². The lowest BCUT2D eigenvalue weighted by atomic mass is 10.1. The SMILES string of the molecule is COc1cc(Nc2cc(C3CC3)nn([C@@H](CO)c3cccc(F)c3)c2=O)ccc1-n1cnc(C)c1. The van der Waals surface area contributed by atoms with Gasteiger partial charge in [0.1, 0.15) is 23.3 Å². The molecule has 8 nitrogen and oxygen atoms in total. The number of nitrogens with one attached hydrogen (secondary N) is 1. The van der Waals surface area contributed by atoms with Gasteiger partial charge in [0.2, 0.25) is 0 Å². The van der Waals surface area contributed by atoms with Crippen LogP contribution < -0.4 is 15.6 Å². The average Bonchev–Trinajstić information content (AvgIpc) is 3.62. The maximum atomic E-state index is 13.9. The molecule has 1 aliphatic carbocycles. The molecule has 180 valence electrons. The first-order valence-corrected chi connectivity index (χ1v) is 11.4. The molecule has 1 saturated carbocycles. The van der Waals surface area contributed by atoms with E-state index in [4.69, 9.17) is 4.74 Å². The number of ether oxygens (including phenoxy) is 1. The Morgan fingerprint density at radius 1 is 1.23 bits per heavy atom. The van der Waals surface area contributed by atoms with Gasteiger partial charge in [-0.3, -0.25) is 4.79 Å². The zero-order valence-corrected chi connectivity index (χ0v) is 19.5. The number of benzene rings is 2. The number of aryl methyl sites for hydroxylation is 1. The minimum absolute atomic E-state index is 0.260. The lowest BCUT2D eigenvalue weighted by Crippen LogP contribution is -2.32. The fourth-order valence-electron chi connectivity index (χ4n) is 4.13. The molecule has 0 saturated heterocycles. The Labute approximate surface area is 201 Å². The second kappa shape index (κ2) is 9.34. The van der Waals surface area contributed by atoms with Crippen LogP contribution in [-0.2, 0) is 0 Å². The van der Waals surface area contributed by atoms with Crippen LogP contribution in [0.25, 0.3) is 5.69 Å². The fourth-order valence-corrected chi connectivity index (χ4v) is 4.13. The summed E-state index contributed by atoms with van der Waals surface area (Å²) in [6.45, 7) is 1.52. The Kier molecular flexibility index (Phi) is 6.08. The molecular formula is C26H26FN5O3. The summed E-state index contributed by atoms with van der Waals surface area (Å²) in [5.41, 5.74) is 3.51. The number of aromatic nitrogens is 4. The Bertz CT molecular complexity index is 1430. The van der Waals surface area contributed by atoms with Crippen molar-refractivity contribution in [3.8, 4) is 11.4 Å². The maximum absolute atomic E-state index is 13.9. The van der Waals surface area contributed by atoms with Gasteiger partial charge in [-0.2, -0.15) is 5.10 Å². The number of hydrogen-bond donors (Lipinski definition) is 2. The number of nitrogens with zero attached hydrogens (tertiary/aromatic N) is 4. The van der Waals surface area contributed by atoms with Gasteiger partial charge in [0.05, 0.1) is 37.1 Å². The van der Waals surface area contributed by atoms with E-state index >= 15 is 0 Å². The summed E-state index contributed by atoms with van der Waals surface area (Å²) < 4.78 is 22.6. The molecule has 35 heavy (non-hydrogen) atoms. The highest BCUT2D eigenvalue weighted by Gasteiger charge is 2.28. The summed E-state index contributed by atoms with van der Waals surface area (Å²) in [4.78, 5) is 17.7. The van der Waals surface area contributed by atoms with Crippen LogP contribution in [0.3, 0.4) is 0 Å². The summed E-state index contributed by atoms with van der Waals surface area (Å²) in [7, 11) is 1.59. The van der Waals surface area contributed by atoms with Crippen molar-refractivity contribution >= 4 is 11.4 Å². The van der Waals surface area contributed by atoms with E-state index in [1.807, 2.05) is 35.9 Å². The third kappa shape index (κ3) is 4.67. The van der Waals surface area contributed by atoms with Gasteiger partial charge in [0, 0.05) is 23.9 Å². The summed E-state index contributed by atoms with van der Waals surface area (Å²) in [6.07, 6.45) is 5.59. The predicted molar refractivity (Wildman–Crippen MR) is 130 cm³/mol. The lowest BCUT2D eigenvalue weighted by Gasteiger charge is -2.20. The molecule has 0 amide bonds. The highest BCUT2D eigenvalue weighted by atomic mass is 19.1. The van der Waals surface area contributed by atoms with E-state index < -0.39 is 24.0 Å². The third-order valence-electron chi connectivity index (χ3n) is 6.10. The highest BCUT2D eigenvalue weighted by Crippen LogP contribution is 2.39. The molecule has 9 heteroatoms. The summed E-state index contributed by atoms with van der Waals surface area (Å²) >= 11 is 0. The minimum atomic E-state index is -0.807.